The van der Waals surface area contributed by atoms with E-state index in [1.54, 1.807) is 48.5 Å². The summed E-state index contributed by atoms with van der Waals surface area (Å²) in [5, 5.41) is 3.14. The van der Waals surface area contributed by atoms with Crippen LogP contribution in [0, 0.1) is 5.92 Å². The molecule has 0 spiro atoms. The number of fused-ring (bicyclic) bond motifs is 2. The number of hydrogen-bond acceptors (Lipinski definition) is 7. The summed E-state index contributed by atoms with van der Waals surface area (Å²) in [6, 6.07) is 21.8. The van der Waals surface area contributed by atoms with Gasteiger partial charge in [-0.1, -0.05) is 62.8 Å². The van der Waals surface area contributed by atoms with E-state index >= 15 is 0 Å². The van der Waals surface area contributed by atoms with E-state index in [1.807, 2.05) is 24.3 Å². The molecule has 0 saturated carbocycles. The Morgan fingerprint density at radius 2 is 1.59 bits per heavy atom. The van der Waals surface area contributed by atoms with Crippen molar-refractivity contribution in [1.82, 2.24) is 4.57 Å². The van der Waals surface area contributed by atoms with Crippen LogP contribution in [0.25, 0.3) is 0 Å². The van der Waals surface area contributed by atoms with Crippen LogP contribution < -0.4 is 20.0 Å². The van der Waals surface area contributed by atoms with Gasteiger partial charge < -0.3 is 10.2 Å². The maximum absolute atomic E-state index is 14.1. The lowest BCUT2D eigenvalue weighted by Gasteiger charge is -2.31. The average molecular weight is 712 g/mol. The van der Waals surface area contributed by atoms with E-state index in [-0.39, 0.29) is 29.1 Å². The Hall–Kier alpha value is -3.38. The number of thioether (sulfide) groups is 1. The number of carbonyl (C=O) groups is 3. The van der Waals surface area contributed by atoms with Gasteiger partial charge in [0.05, 0.1) is 16.6 Å². The number of anilines is 3. The number of thiazole rings is 1. The second-order valence-electron chi connectivity index (χ2n) is 10.5. The fourth-order valence-electron chi connectivity index (χ4n) is 5.82. The first-order valence-corrected chi connectivity index (χ1v) is 17.0. The minimum atomic E-state index is -0.759. The molecule has 1 saturated heterocycles. The van der Waals surface area contributed by atoms with Gasteiger partial charge in [0.15, 0.2) is 0 Å². The van der Waals surface area contributed by atoms with E-state index in [0.717, 1.165) is 40.1 Å². The summed E-state index contributed by atoms with van der Waals surface area (Å²) in [6.45, 7) is 5.65. The quantitative estimate of drug-likeness (QED) is 0.207. The zero-order chi connectivity index (χ0) is 31.1. The molecule has 0 bridgehead atoms. The molecule has 12 heteroatoms. The summed E-state index contributed by atoms with van der Waals surface area (Å²) in [7, 11) is 0. The van der Waals surface area contributed by atoms with Gasteiger partial charge in [-0.15, -0.1) is 0 Å². The van der Waals surface area contributed by atoms with Crippen LogP contribution >= 0.6 is 50.6 Å². The number of amides is 3. The number of halogens is 2. The highest BCUT2D eigenvalue weighted by Crippen LogP contribution is 2.54. The fourth-order valence-corrected chi connectivity index (χ4v) is 8.98. The lowest BCUT2D eigenvalue weighted by Crippen LogP contribution is -2.33. The third kappa shape index (κ3) is 5.62. The number of hydrogen-bond donors (Lipinski definition) is 1. The number of nitrogens with zero attached hydrogens (tertiary/aromatic N) is 3. The minimum Gasteiger partial charge on any atom is -0.372 e. The van der Waals surface area contributed by atoms with Crippen LogP contribution in [0.2, 0.25) is 5.02 Å². The average Bonchev–Trinajstić information content (AvgIpc) is 3.46. The van der Waals surface area contributed by atoms with Crippen molar-refractivity contribution in [2.75, 3.05) is 28.2 Å². The van der Waals surface area contributed by atoms with Crippen LogP contribution in [0.4, 0.5) is 17.1 Å². The summed E-state index contributed by atoms with van der Waals surface area (Å²) in [5.74, 6) is -2.26. The first-order valence-electron chi connectivity index (χ1n) is 14.1. The van der Waals surface area contributed by atoms with Crippen molar-refractivity contribution in [3.8, 4) is 0 Å². The number of rotatable bonds is 8. The monoisotopic (exact) mass is 710 g/mol. The maximum atomic E-state index is 14.1. The van der Waals surface area contributed by atoms with Gasteiger partial charge in [-0.2, -0.15) is 0 Å². The Kier molecular flexibility index (Phi) is 8.74. The Morgan fingerprint density at radius 1 is 0.932 bits per heavy atom. The van der Waals surface area contributed by atoms with Crippen molar-refractivity contribution in [2.45, 2.75) is 36.6 Å². The van der Waals surface area contributed by atoms with Gasteiger partial charge in [-0.25, -0.2) is 4.90 Å². The van der Waals surface area contributed by atoms with Crippen LogP contribution in [0.3, 0.4) is 0 Å². The molecule has 1 aromatic heterocycles. The Balaban J connectivity index is 1.41. The first-order chi connectivity index (χ1) is 21.2. The standard InChI is InChI=1S/C32H28BrClN4O4S2/c1-3-36(4-2)22-13-5-18(6-14-22)25-26-27(30(41)38(29(26)40)23-15-7-19(33)8-16-23)43-31-28(25)44-32(42)37(31)17-24(39)35-21-11-9-20(34)10-12-21/h5-16,25-27H,3-4,17H2,1-2H3,(H,35,39)/t25-,26?,27?/m1/s1. The molecular formula is C32H28BrClN4O4S2. The van der Waals surface area contributed by atoms with E-state index < -0.39 is 17.1 Å². The van der Waals surface area contributed by atoms with Crippen molar-refractivity contribution in [1.29, 1.82) is 0 Å². The van der Waals surface area contributed by atoms with E-state index in [1.165, 1.54) is 21.2 Å². The van der Waals surface area contributed by atoms with Crippen molar-refractivity contribution in [2.24, 2.45) is 5.92 Å². The van der Waals surface area contributed by atoms with Gasteiger partial charge in [0.2, 0.25) is 17.7 Å². The van der Waals surface area contributed by atoms with Crippen LogP contribution in [0.1, 0.15) is 30.2 Å². The van der Waals surface area contributed by atoms with Crippen molar-refractivity contribution >= 4 is 85.4 Å². The lowest BCUT2D eigenvalue weighted by molar-refractivity contribution is -0.122. The molecular weight excluding hydrogens is 684 g/mol. The second-order valence-corrected chi connectivity index (χ2v) is 13.9. The Labute approximate surface area is 276 Å². The highest BCUT2D eigenvalue weighted by molar-refractivity contribution is 9.10. The largest absolute Gasteiger partial charge is 0.372 e. The van der Waals surface area contributed by atoms with Crippen LogP contribution in [0.5, 0.6) is 0 Å². The first kappa shape index (κ1) is 30.6. The van der Waals surface area contributed by atoms with E-state index in [4.69, 9.17) is 11.6 Å². The molecule has 6 rings (SSSR count). The molecule has 3 atom stereocenters. The Bertz CT molecular complexity index is 1790. The number of aromatic nitrogens is 1. The molecule has 1 fully saturated rings. The van der Waals surface area contributed by atoms with Gasteiger partial charge in [0.1, 0.15) is 11.8 Å². The number of nitrogens with one attached hydrogen (secondary N) is 1. The predicted octanol–water partition coefficient (Wildman–Crippen LogP) is 6.61. The van der Waals surface area contributed by atoms with Crippen molar-refractivity contribution in [3.63, 3.8) is 0 Å². The lowest BCUT2D eigenvalue weighted by atomic mass is 9.83. The van der Waals surface area contributed by atoms with E-state index in [2.05, 4.69) is 40.0 Å². The van der Waals surface area contributed by atoms with E-state index in [0.29, 0.717) is 26.3 Å². The third-order valence-electron chi connectivity index (χ3n) is 7.94. The summed E-state index contributed by atoms with van der Waals surface area (Å²) < 4.78 is 2.25. The number of carbonyl (C=O) groups excluding carboxylic acids is 3. The number of benzene rings is 3. The van der Waals surface area contributed by atoms with Crippen molar-refractivity contribution < 1.29 is 14.4 Å². The zero-order valence-electron chi connectivity index (χ0n) is 23.8. The maximum Gasteiger partial charge on any atom is 0.308 e. The molecule has 3 aromatic carbocycles. The molecule has 2 aliphatic rings. The molecule has 8 nitrogen and oxygen atoms in total. The van der Waals surface area contributed by atoms with Gasteiger partial charge in [0.25, 0.3) is 0 Å². The minimum absolute atomic E-state index is 0.232. The van der Waals surface area contributed by atoms with Crippen LogP contribution in [-0.2, 0) is 20.9 Å². The normalized spacial score (nSPS) is 19.1. The summed E-state index contributed by atoms with van der Waals surface area (Å²) in [6.07, 6.45) is 0. The SMILES string of the molecule is CCN(CC)c1ccc([C@H]2c3sc(=O)n(CC(=O)Nc4ccc(Cl)cc4)c3SC3C(=O)N(c4ccc(Br)cc4)C(=O)C32)cc1. The molecule has 4 aromatic rings. The number of imide groups is 1. The molecule has 2 unspecified atom stereocenters. The highest BCUT2D eigenvalue weighted by atomic mass is 79.9. The molecule has 1 N–H and O–H groups in total. The molecule has 0 aliphatic carbocycles. The summed E-state index contributed by atoms with van der Waals surface area (Å²) >= 11 is 11.6. The summed E-state index contributed by atoms with van der Waals surface area (Å²) in [4.78, 5) is 58.4. The molecule has 0 radical (unpaired) electrons. The third-order valence-corrected chi connectivity index (χ3v) is 11.3. The van der Waals surface area contributed by atoms with E-state index in [9.17, 15) is 19.2 Å². The van der Waals surface area contributed by atoms with Crippen LogP contribution in [0.15, 0.2) is 87.1 Å². The van der Waals surface area contributed by atoms with Gasteiger partial charge in [-0.3, -0.25) is 23.7 Å². The van der Waals surface area contributed by atoms with Gasteiger partial charge >= 0.3 is 4.87 Å². The second kappa shape index (κ2) is 12.5. The molecule has 44 heavy (non-hydrogen) atoms. The smallest absolute Gasteiger partial charge is 0.308 e. The molecule has 3 heterocycles. The van der Waals surface area contributed by atoms with Gasteiger partial charge in [-0.05, 0) is 80.1 Å². The highest BCUT2D eigenvalue weighted by Gasteiger charge is 2.56. The topological polar surface area (TPSA) is 91.7 Å². The zero-order valence-corrected chi connectivity index (χ0v) is 27.8. The summed E-state index contributed by atoms with van der Waals surface area (Å²) in [5.41, 5.74) is 2.94. The van der Waals surface area contributed by atoms with Crippen LogP contribution in [-0.4, -0.2) is 40.6 Å². The molecule has 2 aliphatic heterocycles. The van der Waals surface area contributed by atoms with Gasteiger partial charge in [0, 0.05) is 44.8 Å². The Morgan fingerprint density at radius 3 is 2.23 bits per heavy atom. The predicted molar refractivity (Wildman–Crippen MR) is 180 cm³/mol. The molecule has 3 amide bonds. The van der Waals surface area contributed by atoms with Crippen molar-refractivity contribution in [3.05, 3.63) is 102 Å². The molecule has 226 valence electrons. The fraction of sp³-hybridized carbons (Fsp3) is 0.250.